The Labute approximate surface area is 180 Å². The lowest BCUT2D eigenvalue weighted by atomic mass is 10.1. The number of benzene rings is 2. The lowest BCUT2D eigenvalue weighted by Crippen LogP contribution is -2.29. The van der Waals surface area contributed by atoms with Crippen molar-refractivity contribution in [3.8, 4) is 5.75 Å². The quantitative estimate of drug-likeness (QED) is 0.118. The highest BCUT2D eigenvalue weighted by Gasteiger charge is 2.16. The standard InChI is InChI=1S/C23H34BrNO2Si/c1-20-10-12-22(13-11-20)27-23(21-8-6-5-7-9-21)14-15-25(18-24)19-26-16-17-28(2,3)4/h5-13,23H,14-19H2,1-4H3. The predicted octanol–water partition coefficient (Wildman–Crippen LogP) is 6.47. The first kappa shape index (κ1) is 23.1. The lowest BCUT2D eigenvalue weighted by molar-refractivity contribution is 0.0400. The summed E-state index contributed by atoms with van der Waals surface area (Å²) in [6.45, 7) is 11.6. The van der Waals surface area contributed by atoms with Crippen molar-refractivity contribution in [3.63, 3.8) is 0 Å². The van der Waals surface area contributed by atoms with Crippen molar-refractivity contribution < 1.29 is 9.47 Å². The van der Waals surface area contributed by atoms with Crippen molar-refractivity contribution in [2.24, 2.45) is 0 Å². The molecular formula is C23H34BrNO2Si. The number of ether oxygens (including phenoxy) is 2. The van der Waals surface area contributed by atoms with Crippen LogP contribution in [0, 0.1) is 6.92 Å². The van der Waals surface area contributed by atoms with E-state index in [1.165, 1.54) is 17.2 Å². The number of halogens is 1. The zero-order chi connectivity index (χ0) is 20.4. The summed E-state index contributed by atoms with van der Waals surface area (Å²) < 4.78 is 12.3. The maximum absolute atomic E-state index is 6.34. The Kier molecular flexibility index (Phi) is 9.72. The Balaban J connectivity index is 1.92. The minimum atomic E-state index is -1.04. The van der Waals surface area contributed by atoms with Gasteiger partial charge in [0, 0.05) is 27.6 Å². The van der Waals surface area contributed by atoms with E-state index >= 15 is 0 Å². The molecule has 0 bridgehead atoms. The maximum Gasteiger partial charge on any atom is 0.125 e. The molecule has 0 aromatic heterocycles. The molecule has 1 unspecified atom stereocenters. The number of aryl methyl sites for hydroxylation is 1. The second kappa shape index (κ2) is 11.8. The van der Waals surface area contributed by atoms with Crippen LogP contribution in [0.25, 0.3) is 0 Å². The van der Waals surface area contributed by atoms with Crippen molar-refractivity contribution in [3.05, 3.63) is 65.7 Å². The van der Waals surface area contributed by atoms with Gasteiger partial charge in [0.15, 0.2) is 0 Å². The molecule has 0 radical (unpaired) electrons. The fraction of sp³-hybridized carbons (Fsp3) is 0.478. The van der Waals surface area contributed by atoms with E-state index in [1.54, 1.807) is 0 Å². The second-order valence-corrected chi connectivity index (χ2v) is 14.6. The van der Waals surface area contributed by atoms with Crippen molar-refractivity contribution >= 4 is 24.0 Å². The summed E-state index contributed by atoms with van der Waals surface area (Å²) in [6, 6.07) is 20.0. The summed E-state index contributed by atoms with van der Waals surface area (Å²) in [5.74, 6) is 0.913. The van der Waals surface area contributed by atoms with E-state index in [1.807, 2.05) is 18.2 Å². The molecule has 1 atom stereocenters. The molecule has 0 saturated heterocycles. The van der Waals surface area contributed by atoms with Gasteiger partial charge in [-0.25, -0.2) is 0 Å². The molecule has 0 aliphatic carbocycles. The molecule has 2 aromatic carbocycles. The number of hydrogen-bond acceptors (Lipinski definition) is 3. The average molecular weight is 465 g/mol. The number of rotatable bonds is 12. The molecule has 2 rings (SSSR count). The molecular weight excluding hydrogens is 430 g/mol. The Morgan fingerprint density at radius 3 is 2.29 bits per heavy atom. The Bertz CT molecular complexity index is 673. The van der Waals surface area contributed by atoms with Gasteiger partial charge in [-0.1, -0.05) is 83.6 Å². The average Bonchev–Trinajstić information content (AvgIpc) is 2.68. The molecule has 0 saturated carbocycles. The first-order chi connectivity index (χ1) is 13.4. The highest BCUT2D eigenvalue weighted by atomic mass is 79.9. The van der Waals surface area contributed by atoms with E-state index in [-0.39, 0.29) is 6.10 Å². The number of alkyl halides is 1. The van der Waals surface area contributed by atoms with Crippen molar-refractivity contribution in [2.75, 3.05) is 25.3 Å². The largest absolute Gasteiger partial charge is 0.486 e. The van der Waals surface area contributed by atoms with Gasteiger partial charge in [0.2, 0.25) is 0 Å². The zero-order valence-electron chi connectivity index (χ0n) is 17.7. The molecule has 0 spiro atoms. The Morgan fingerprint density at radius 2 is 1.68 bits per heavy atom. The van der Waals surface area contributed by atoms with E-state index < -0.39 is 8.07 Å². The van der Waals surface area contributed by atoms with Crippen LogP contribution in [-0.4, -0.2) is 38.3 Å². The minimum Gasteiger partial charge on any atom is -0.486 e. The second-order valence-electron chi connectivity index (χ2n) is 8.48. The van der Waals surface area contributed by atoms with Crippen molar-refractivity contribution in [1.29, 1.82) is 0 Å². The predicted molar refractivity (Wildman–Crippen MR) is 125 cm³/mol. The molecule has 0 aliphatic heterocycles. The van der Waals surface area contributed by atoms with Gasteiger partial charge in [0.1, 0.15) is 11.9 Å². The third-order valence-corrected chi connectivity index (χ3v) is 7.03. The molecule has 0 heterocycles. The summed E-state index contributed by atoms with van der Waals surface area (Å²) in [5.41, 5.74) is 3.24. The zero-order valence-corrected chi connectivity index (χ0v) is 20.2. The van der Waals surface area contributed by atoms with Crippen LogP contribution in [0.2, 0.25) is 25.7 Å². The van der Waals surface area contributed by atoms with Gasteiger partial charge in [-0.2, -0.15) is 0 Å². The van der Waals surface area contributed by atoms with Crippen LogP contribution in [0.5, 0.6) is 5.75 Å². The fourth-order valence-electron chi connectivity index (χ4n) is 2.77. The summed E-state index contributed by atoms with van der Waals surface area (Å²) in [7, 11) is -1.04. The monoisotopic (exact) mass is 463 g/mol. The smallest absolute Gasteiger partial charge is 0.125 e. The molecule has 0 N–H and O–H groups in total. The SMILES string of the molecule is Cc1ccc(OC(CCN(CBr)COCC[Si](C)(C)C)c2ccccc2)cc1. The van der Waals surface area contributed by atoms with Gasteiger partial charge < -0.3 is 9.47 Å². The van der Waals surface area contributed by atoms with Crippen LogP contribution >= 0.6 is 15.9 Å². The van der Waals surface area contributed by atoms with E-state index in [0.717, 1.165) is 30.8 Å². The van der Waals surface area contributed by atoms with E-state index in [0.29, 0.717) is 6.73 Å². The van der Waals surface area contributed by atoms with Gasteiger partial charge in [-0.05, 0) is 30.7 Å². The van der Waals surface area contributed by atoms with Gasteiger partial charge in [0.25, 0.3) is 0 Å². The van der Waals surface area contributed by atoms with E-state index in [4.69, 9.17) is 9.47 Å². The summed E-state index contributed by atoms with van der Waals surface area (Å²) in [4.78, 5) is 2.28. The van der Waals surface area contributed by atoms with Crippen LogP contribution in [0.15, 0.2) is 54.6 Å². The maximum atomic E-state index is 6.34. The molecule has 2 aromatic rings. The number of nitrogens with zero attached hydrogens (tertiary/aromatic N) is 1. The first-order valence-corrected chi connectivity index (χ1v) is 14.8. The molecule has 3 nitrogen and oxygen atoms in total. The lowest BCUT2D eigenvalue weighted by Gasteiger charge is -2.25. The van der Waals surface area contributed by atoms with Crippen LogP contribution < -0.4 is 4.74 Å². The molecule has 154 valence electrons. The summed E-state index contributed by atoms with van der Waals surface area (Å²) in [5, 5.41) is 0. The van der Waals surface area contributed by atoms with E-state index in [9.17, 15) is 0 Å². The topological polar surface area (TPSA) is 21.7 Å². The molecule has 0 amide bonds. The molecule has 28 heavy (non-hydrogen) atoms. The third kappa shape index (κ3) is 8.91. The van der Waals surface area contributed by atoms with E-state index in [2.05, 4.69) is 83.8 Å². The van der Waals surface area contributed by atoms with Crippen molar-refractivity contribution in [1.82, 2.24) is 4.90 Å². The minimum absolute atomic E-state index is 0.0208. The number of hydrogen-bond donors (Lipinski definition) is 0. The third-order valence-electron chi connectivity index (χ3n) is 4.62. The van der Waals surface area contributed by atoms with Gasteiger partial charge in [0.05, 0.1) is 12.2 Å². The Hall–Kier alpha value is -1.14. The molecule has 5 heteroatoms. The van der Waals surface area contributed by atoms with Gasteiger partial charge in [-0.3, -0.25) is 4.90 Å². The fourth-order valence-corrected chi connectivity index (χ4v) is 3.93. The highest BCUT2D eigenvalue weighted by Crippen LogP contribution is 2.25. The first-order valence-electron chi connectivity index (χ1n) is 10.0. The van der Waals surface area contributed by atoms with Crippen LogP contribution in [0.1, 0.15) is 23.7 Å². The normalized spacial score (nSPS) is 12.9. The molecule has 0 fully saturated rings. The van der Waals surface area contributed by atoms with Crippen LogP contribution in [0.3, 0.4) is 0 Å². The van der Waals surface area contributed by atoms with Gasteiger partial charge in [-0.15, -0.1) is 0 Å². The van der Waals surface area contributed by atoms with Crippen molar-refractivity contribution in [2.45, 2.75) is 45.1 Å². The van der Waals surface area contributed by atoms with Crippen LogP contribution in [0.4, 0.5) is 0 Å². The summed E-state index contributed by atoms with van der Waals surface area (Å²) >= 11 is 3.60. The highest BCUT2D eigenvalue weighted by molar-refractivity contribution is 9.09. The summed E-state index contributed by atoms with van der Waals surface area (Å²) in [6.07, 6.45) is 0.924. The van der Waals surface area contributed by atoms with Crippen LogP contribution in [-0.2, 0) is 4.74 Å². The molecule has 0 aliphatic rings. The van der Waals surface area contributed by atoms with Gasteiger partial charge >= 0.3 is 0 Å². The Morgan fingerprint density at radius 1 is 1.00 bits per heavy atom.